The lowest BCUT2D eigenvalue weighted by Crippen LogP contribution is -2.45. The Balaban J connectivity index is 1.80. The Bertz CT molecular complexity index is 529. The molecule has 1 heterocycles. The van der Waals surface area contributed by atoms with Crippen LogP contribution in [0.1, 0.15) is 24.0 Å². The summed E-state index contributed by atoms with van der Waals surface area (Å²) in [4.78, 5) is 24.7. The first kappa shape index (κ1) is 15.1. The molecule has 1 fully saturated rings. The number of nitrogens with zero attached hydrogens (tertiary/aromatic N) is 1. The standard InChI is InChI=1S/C16H21N3O2/c1-12-2-4-13(5-3-12)6-9-18-16(21)19-10-7-14(8-11-19)15(17)20/h2-6,9,14H,7-8,10-11H2,1H3,(H2,17,20)(H,18,21)/b9-6+. The molecule has 1 aromatic carbocycles. The molecular formula is C16H21N3O2. The summed E-state index contributed by atoms with van der Waals surface area (Å²) < 4.78 is 0. The first-order valence-electron chi connectivity index (χ1n) is 7.14. The lowest BCUT2D eigenvalue weighted by Gasteiger charge is -2.30. The number of nitrogens with two attached hydrogens (primary N) is 1. The molecule has 1 saturated heterocycles. The zero-order valence-electron chi connectivity index (χ0n) is 12.2. The van der Waals surface area contributed by atoms with E-state index < -0.39 is 0 Å². The fourth-order valence-corrected chi connectivity index (χ4v) is 2.35. The number of aryl methyl sites for hydroxylation is 1. The van der Waals surface area contributed by atoms with Crippen LogP contribution in [-0.4, -0.2) is 29.9 Å². The summed E-state index contributed by atoms with van der Waals surface area (Å²) in [7, 11) is 0. The van der Waals surface area contributed by atoms with Crippen molar-refractivity contribution in [3.63, 3.8) is 0 Å². The predicted octanol–water partition coefficient (Wildman–Crippen LogP) is 1.87. The number of benzene rings is 1. The molecule has 0 unspecified atom stereocenters. The van der Waals surface area contributed by atoms with Crippen molar-refractivity contribution in [2.24, 2.45) is 11.7 Å². The second-order valence-electron chi connectivity index (χ2n) is 5.36. The third-order valence-electron chi connectivity index (χ3n) is 3.74. The van der Waals surface area contributed by atoms with Crippen molar-refractivity contribution in [1.82, 2.24) is 10.2 Å². The molecule has 1 aliphatic heterocycles. The molecule has 2 rings (SSSR count). The number of carbonyl (C=O) groups excluding carboxylic acids is 2. The van der Waals surface area contributed by atoms with Crippen molar-refractivity contribution in [1.29, 1.82) is 0 Å². The van der Waals surface area contributed by atoms with Gasteiger partial charge in [0, 0.05) is 25.2 Å². The Hall–Kier alpha value is -2.30. The maximum atomic E-state index is 12.0. The Morgan fingerprint density at radius 1 is 1.24 bits per heavy atom. The van der Waals surface area contributed by atoms with Crippen LogP contribution >= 0.6 is 0 Å². The first-order valence-corrected chi connectivity index (χ1v) is 7.14. The Kier molecular flexibility index (Phi) is 4.98. The number of likely N-dealkylation sites (tertiary alicyclic amines) is 1. The summed E-state index contributed by atoms with van der Waals surface area (Å²) in [5, 5.41) is 2.75. The van der Waals surface area contributed by atoms with Gasteiger partial charge in [0.2, 0.25) is 5.91 Å². The van der Waals surface area contributed by atoms with Gasteiger partial charge in [0.05, 0.1) is 0 Å². The molecule has 1 aromatic rings. The van der Waals surface area contributed by atoms with Crippen molar-refractivity contribution < 1.29 is 9.59 Å². The van der Waals surface area contributed by atoms with Crippen LogP contribution in [0.5, 0.6) is 0 Å². The highest BCUT2D eigenvalue weighted by Crippen LogP contribution is 2.16. The molecule has 0 radical (unpaired) electrons. The molecular weight excluding hydrogens is 266 g/mol. The van der Waals surface area contributed by atoms with Crippen molar-refractivity contribution >= 4 is 18.0 Å². The molecule has 0 atom stereocenters. The minimum atomic E-state index is -0.269. The average molecular weight is 287 g/mol. The maximum absolute atomic E-state index is 12.0. The molecule has 3 N–H and O–H groups in total. The molecule has 0 saturated carbocycles. The number of amides is 3. The van der Waals surface area contributed by atoms with Gasteiger partial charge in [-0.05, 0) is 31.4 Å². The zero-order valence-corrected chi connectivity index (χ0v) is 12.2. The highest BCUT2D eigenvalue weighted by Gasteiger charge is 2.25. The van der Waals surface area contributed by atoms with Gasteiger partial charge in [-0.2, -0.15) is 0 Å². The summed E-state index contributed by atoms with van der Waals surface area (Å²) in [6, 6.07) is 7.90. The normalized spacial score (nSPS) is 16.1. The van der Waals surface area contributed by atoms with Crippen LogP contribution < -0.4 is 11.1 Å². The Morgan fingerprint density at radius 2 is 1.86 bits per heavy atom. The van der Waals surface area contributed by atoms with Crippen molar-refractivity contribution in [2.45, 2.75) is 19.8 Å². The Morgan fingerprint density at radius 3 is 2.43 bits per heavy atom. The quantitative estimate of drug-likeness (QED) is 0.890. The Labute approximate surface area is 124 Å². The van der Waals surface area contributed by atoms with Crippen molar-refractivity contribution in [2.75, 3.05) is 13.1 Å². The number of rotatable bonds is 3. The van der Waals surface area contributed by atoms with Crippen molar-refractivity contribution in [3.05, 3.63) is 41.6 Å². The molecule has 0 aliphatic carbocycles. The fraction of sp³-hybridized carbons (Fsp3) is 0.375. The van der Waals surface area contributed by atoms with Gasteiger partial charge in [-0.25, -0.2) is 4.79 Å². The largest absolute Gasteiger partial charge is 0.369 e. The van der Waals surface area contributed by atoms with Gasteiger partial charge < -0.3 is 16.0 Å². The second kappa shape index (κ2) is 6.92. The van der Waals surface area contributed by atoms with Gasteiger partial charge in [0.15, 0.2) is 0 Å². The lowest BCUT2D eigenvalue weighted by molar-refractivity contribution is -0.122. The van der Waals surface area contributed by atoms with E-state index in [-0.39, 0.29) is 17.9 Å². The first-order chi connectivity index (χ1) is 10.1. The van der Waals surface area contributed by atoms with E-state index in [4.69, 9.17) is 5.73 Å². The van der Waals surface area contributed by atoms with Gasteiger partial charge in [-0.3, -0.25) is 4.79 Å². The molecule has 5 heteroatoms. The minimum Gasteiger partial charge on any atom is -0.369 e. The summed E-state index contributed by atoms with van der Waals surface area (Å²) >= 11 is 0. The van der Waals surface area contributed by atoms with Crippen LogP contribution in [0.3, 0.4) is 0 Å². The van der Waals surface area contributed by atoms with E-state index in [2.05, 4.69) is 5.32 Å². The van der Waals surface area contributed by atoms with Gasteiger partial charge >= 0.3 is 6.03 Å². The van der Waals surface area contributed by atoms with E-state index >= 15 is 0 Å². The fourth-order valence-electron chi connectivity index (χ4n) is 2.35. The summed E-state index contributed by atoms with van der Waals surface area (Å²) in [6.07, 6.45) is 4.79. The average Bonchev–Trinajstić information content (AvgIpc) is 2.49. The third-order valence-corrected chi connectivity index (χ3v) is 3.74. The maximum Gasteiger partial charge on any atom is 0.321 e. The van der Waals surface area contributed by atoms with Crippen LogP contribution in [0.25, 0.3) is 6.08 Å². The zero-order chi connectivity index (χ0) is 15.2. The van der Waals surface area contributed by atoms with Crippen molar-refractivity contribution in [3.8, 4) is 0 Å². The molecule has 0 bridgehead atoms. The van der Waals surface area contributed by atoms with Crippen LogP contribution in [0.15, 0.2) is 30.5 Å². The van der Waals surface area contributed by atoms with Gasteiger partial charge in [-0.15, -0.1) is 0 Å². The topological polar surface area (TPSA) is 75.4 Å². The number of carbonyl (C=O) groups is 2. The highest BCUT2D eigenvalue weighted by atomic mass is 16.2. The number of piperidine rings is 1. The molecule has 0 spiro atoms. The lowest BCUT2D eigenvalue weighted by atomic mass is 9.96. The molecule has 3 amide bonds. The molecule has 1 aliphatic rings. The van der Waals surface area contributed by atoms with E-state index in [0.717, 1.165) is 5.56 Å². The summed E-state index contributed by atoms with van der Waals surface area (Å²) in [5.41, 5.74) is 7.51. The van der Waals surface area contributed by atoms with E-state index in [1.165, 1.54) is 5.56 Å². The summed E-state index contributed by atoms with van der Waals surface area (Å²) in [6.45, 7) is 3.17. The third kappa shape index (κ3) is 4.34. The smallest absolute Gasteiger partial charge is 0.321 e. The number of hydrogen-bond acceptors (Lipinski definition) is 2. The van der Waals surface area contributed by atoms with E-state index in [9.17, 15) is 9.59 Å². The molecule has 21 heavy (non-hydrogen) atoms. The summed E-state index contributed by atoms with van der Waals surface area (Å²) in [5.74, 6) is -0.369. The van der Waals surface area contributed by atoms with Crippen LogP contribution in [0.4, 0.5) is 4.79 Å². The van der Waals surface area contributed by atoms with Gasteiger partial charge in [0.1, 0.15) is 0 Å². The van der Waals surface area contributed by atoms with Crippen LogP contribution in [-0.2, 0) is 4.79 Å². The van der Waals surface area contributed by atoms with E-state index in [1.807, 2.05) is 37.3 Å². The molecule has 112 valence electrons. The number of nitrogens with one attached hydrogen (secondary N) is 1. The second-order valence-corrected chi connectivity index (χ2v) is 5.36. The predicted molar refractivity (Wildman–Crippen MR) is 82.2 cm³/mol. The number of hydrogen-bond donors (Lipinski definition) is 2. The number of primary amides is 1. The van der Waals surface area contributed by atoms with Crippen LogP contribution in [0.2, 0.25) is 0 Å². The van der Waals surface area contributed by atoms with Crippen LogP contribution in [0, 0.1) is 12.8 Å². The van der Waals surface area contributed by atoms with E-state index in [1.54, 1.807) is 11.1 Å². The monoisotopic (exact) mass is 287 g/mol. The number of urea groups is 1. The van der Waals surface area contributed by atoms with E-state index in [0.29, 0.717) is 25.9 Å². The minimum absolute atomic E-state index is 0.0999. The van der Waals surface area contributed by atoms with Gasteiger partial charge in [0.25, 0.3) is 0 Å². The molecule has 0 aromatic heterocycles. The SMILES string of the molecule is Cc1ccc(/C=C/NC(=O)N2CCC(C(N)=O)CC2)cc1. The van der Waals surface area contributed by atoms with Gasteiger partial charge in [-0.1, -0.05) is 29.8 Å². The highest BCUT2D eigenvalue weighted by molar-refractivity contribution is 5.78. The molecule has 5 nitrogen and oxygen atoms in total.